The Kier molecular flexibility index (Phi) is 6.25. The highest BCUT2D eigenvalue weighted by Crippen LogP contribution is 2.09. The van der Waals surface area contributed by atoms with E-state index in [1.54, 1.807) is 0 Å². The Morgan fingerprint density at radius 1 is 1.38 bits per heavy atom. The summed E-state index contributed by atoms with van der Waals surface area (Å²) in [5.41, 5.74) is 5.58. The monoisotopic (exact) mass is 314 g/mol. The molecule has 1 atom stereocenters. The number of hydrogen-bond acceptors (Lipinski definition) is 6. The van der Waals surface area contributed by atoms with Gasteiger partial charge in [0.2, 0.25) is 11.8 Å². The third-order valence-electron chi connectivity index (χ3n) is 2.65. The topological polar surface area (TPSA) is 134 Å². The van der Waals surface area contributed by atoms with E-state index in [0.717, 1.165) is 11.3 Å². The number of aromatic carboxylic acids is 1. The molecule has 2 amide bonds. The number of carboxylic acids is 1. The number of carboxylic acid groups (broad SMARTS) is 1. The highest BCUT2D eigenvalue weighted by molar-refractivity contribution is 7.09. The molecule has 0 spiro atoms. The van der Waals surface area contributed by atoms with Gasteiger partial charge in [-0.2, -0.15) is 0 Å². The second-order valence-electron chi connectivity index (χ2n) is 4.70. The summed E-state index contributed by atoms with van der Waals surface area (Å²) in [6.07, 6.45) is 0. The van der Waals surface area contributed by atoms with E-state index in [1.807, 2.05) is 13.8 Å². The maximum atomic E-state index is 11.5. The lowest BCUT2D eigenvalue weighted by Gasteiger charge is -2.14. The molecule has 0 aliphatic heterocycles. The minimum absolute atomic E-state index is 0.0159. The molecular weight excluding hydrogens is 296 g/mol. The van der Waals surface area contributed by atoms with Gasteiger partial charge in [-0.05, 0) is 5.92 Å². The largest absolute Gasteiger partial charge is 0.476 e. The molecular formula is C12H18N4O4S. The first-order valence-corrected chi connectivity index (χ1v) is 7.17. The number of carbonyl (C=O) groups excluding carboxylic acids is 2. The van der Waals surface area contributed by atoms with Crippen molar-refractivity contribution in [3.05, 3.63) is 16.1 Å². The number of thiazole rings is 1. The van der Waals surface area contributed by atoms with Crippen LogP contribution in [0.25, 0.3) is 0 Å². The van der Waals surface area contributed by atoms with Gasteiger partial charge in [-0.15, -0.1) is 11.3 Å². The summed E-state index contributed by atoms with van der Waals surface area (Å²) in [5, 5.41) is 15.6. The molecule has 21 heavy (non-hydrogen) atoms. The first-order chi connectivity index (χ1) is 9.81. The molecule has 0 bridgehead atoms. The molecule has 1 aromatic heterocycles. The Labute approximate surface area is 125 Å². The van der Waals surface area contributed by atoms with E-state index in [9.17, 15) is 14.4 Å². The molecule has 0 aliphatic rings. The van der Waals surface area contributed by atoms with Crippen molar-refractivity contribution >= 4 is 29.1 Å². The third-order valence-corrected chi connectivity index (χ3v) is 3.50. The Morgan fingerprint density at radius 3 is 2.57 bits per heavy atom. The molecule has 0 aliphatic carbocycles. The normalized spacial score (nSPS) is 12.0. The molecule has 1 rings (SSSR count). The molecule has 0 radical (unpaired) electrons. The number of carbonyl (C=O) groups is 3. The van der Waals surface area contributed by atoms with E-state index in [-0.39, 0.29) is 30.6 Å². The predicted octanol–water partition coefficient (Wildman–Crippen LogP) is -0.443. The number of rotatable bonds is 7. The Balaban J connectivity index is 2.34. The molecule has 1 aromatic rings. The van der Waals surface area contributed by atoms with Gasteiger partial charge in [0.05, 0.1) is 19.1 Å². The molecule has 9 heteroatoms. The number of nitrogens with two attached hydrogens (primary N) is 1. The van der Waals surface area contributed by atoms with Crippen LogP contribution in [-0.4, -0.2) is 40.5 Å². The van der Waals surface area contributed by atoms with E-state index in [0.29, 0.717) is 5.01 Å². The van der Waals surface area contributed by atoms with Gasteiger partial charge < -0.3 is 21.5 Å². The van der Waals surface area contributed by atoms with Crippen molar-refractivity contribution in [3.8, 4) is 0 Å². The van der Waals surface area contributed by atoms with Crippen LogP contribution in [0.15, 0.2) is 5.38 Å². The standard InChI is InChI=1S/C12H18N4O4S/c1-6(2)10(13)11(18)15-3-8(17)14-4-9-16-7(5-21-9)12(19)20/h5-6,10H,3-4,13H2,1-2H3,(H,14,17)(H,15,18)(H,19,20)/t10-/m0/s1. The summed E-state index contributed by atoms with van der Waals surface area (Å²) in [6, 6.07) is -0.658. The summed E-state index contributed by atoms with van der Waals surface area (Å²) >= 11 is 1.14. The van der Waals surface area contributed by atoms with Crippen LogP contribution in [0.4, 0.5) is 0 Å². The third kappa shape index (κ3) is 5.48. The van der Waals surface area contributed by atoms with Gasteiger partial charge in [-0.1, -0.05) is 13.8 Å². The Morgan fingerprint density at radius 2 is 2.05 bits per heavy atom. The van der Waals surface area contributed by atoms with Crippen LogP contribution < -0.4 is 16.4 Å². The molecule has 0 aromatic carbocycles. The minimum atomic E-state index is -1.11. The molecule has 0 saturated carbocycles. The fourth-order valence-electron chi connectivity index (χ4n) is 1.32. The highest BCUT2D eigenvalue weighted by Gasteiger charge is 2.17. The lowest BCUT2D eigenvalue weighted by Crippen LogP contribution is -2.47. The second kappa shape index (κ2) is 7.70. The summed E-state index contributed by atoms with van der Waals surface area (Å²) in [6.45, 7) is 3.55. The van der Waals surface area contributed by atoms with Gasteiger partial charge in [0.1, 0.15) is 5.01 Å². The number of amides is 2. The summed E-state index contributed by atoms with van der Waals surface area (Å²) in [4.78, 5) is 37.6. The summed E-state index contributed by atoms with van der Waals surface area (Å²) < 4.78 is 0. The maximum absolute atomic E-state index is 11.5. The smallest absolute Gasteiger partial charge is 0.355 e. The van der Waals surface area contributed by atoms with Crippen LogP contribution in [0.2, 0.25) is 0 Å². The quantitative estimate of drug-likeness (QED) is 0.539. The van der Waals surface area contributed by atoms with Crippen LogP contribution in [0, 0.1) is 5.92 Å². The van der Waals surface area contributed by atoms with E-state index >= 15 is 0 Å². The zero-order valence-electron chi connectivity index (χ0n) is 11.8. The van der Waals surface area contributed by atoms with Gasteiger partial charge in [0.15, 0.2) is 5.69 Å². The van der Waals surface area contributed by atoms with Crippen molar-refractivity contribution < 1.29 is 19.5 Å². The van der Waals surface area contributed by atoms with E-state index in [1.165, 1.54) is 5.38 Å². The van der Waals surface area contributed by atoms with E-state index in [4.69, 9.17) is 10.8 Å². The van der Waals surface area contributed by atoms with Crippen molar-refractivity contribution in [2.75, 3.05) is 6.54 Å². The minimum Gasteiger partial charge on any atom is -0.476 e. The van der Waals surface area contributed by atoms with Crippen LogP contribution in [0.3, 0.4) is 0 Å². The second-order valence-corrected chi connectivity index (χ2v) is 5.64. The van der Waals surface area contributed by atoms with Gasteiger partial charge in [0.25, 0.3) is 0 Å². The zero-order chi connectivity index (χ0) is 16.0. The van der Waals surface area contributed by atoms with Gasteiger partial charge in [-0.3, -0.25) is 9.59 Å². The van der Waals surface area contributed by atoms with Crippen LogP contribution in [0.5, 0.6) is 0 Å². The van der Waals surface area contributed by atoms with Crippen LogP contribution >= 0.6 is 11.3 Å². The summed E-state index contributed by atoms with van der Waals surface area (Å²) in [5.74, 6) is -1.91. The SMILES string of the molecule is CC(C)[C@H](N)C(=O)NCC(=O)NCc1nc(C(=O)O)cs1. The Bertz CT molecular complexity index is 529. The van der Waals surface area contributed by atoms with Crippen LogP contribution in [-0.2, 0) is 16.1 Å². The maximum Gasteiger partial charge on any atom is 0.355 e. The molecule has 116 valence electrons. The first kappa shape index (κ1) is 17.1. The van der Waals surface area contributed by atoms with Crippen molar-refractivity contribution in [2.45, 2.75) is 26.4 Å². The number of hydrogen-bond donors (Lipinski definition) is 4. The zero-order valence-corrected chi connectivity index (χ0v) is 12.6. The van der Waals surface area contributed by atoms with Gasteiger partial charge in [-0.25, -0.2) is 9.78 Å². The molecule has 5 N–H and O–H groups in total. The predicted molar refractivity (Wildman–Crippen MR) is 76.7 cm³/mol. The molecule has 0 unspecified atom stereocenters. The fraction of sp³-hybridized carbons (Fsp3) is 0.500. The lowest BCUT2D eigenvalue weighted by molar-refractivity contribution is -0.127. The summed E-state index contributed by atoms with van der Waals surface area (Å²) in [7, 11) is 0. The van der Waals surface area contributed by atoms with Gasteiger partial charge >= 0.3 is 5.97 Å². The van der Waals surface area contributed by atoms with Crippen LogP contribution in [0.1, 0.15) is 29.3 Å². The molecule has 0 saturated heterocycles. The molecule has 1 heterocycles. The number of nitrogens with zero attached hydrogens (tertiary/aromatic N) is 1. The molecule has 0 fully saturated rings. The van der Waals surface area contributed by atoms with Crippen molar-refractivity contribution in [2.24, 2.45) is 11.7 Å². The Hall–Kier alpha value is -2.00. The number of aromatic nitrogens is 1. The first-order valence-electron chi connectivity index (χ1n) is 6.29. The fourth-order valence-corrected chi connectivity index (χ4v) is 2.02. The lowest BCUT2D eigenvalue weighted by atomic mass is 10.1. The highest BCUT2D eigenvalue weighted by atomic mass is 32.1. The van der Waals surface area contributed by atoms with Crippen molar-refractivity contribution in [1.29, 1.82) is 0 Å². The molecule has 8 nitrogen and oxygen atoms in total. The average Bonchev–Trinajstić information content (AvgIpc) is 2.90. The van der Waals surface area contributed by atoms with Crippen molar-refractivity contribution in [1.82, 2.24) is 15.6 Å². The number of nitrogens with one attached hydrogen (secondary N) is 2. The van der Waals surface area contributed by atoms with E-state index in [2.05, 4.69) is 15.6 Å². The van der Waals surface area contributed by atoms with Gasteiger partial charge in [0, 0.05) is 5.38 Å². The van der Waals surface area contributed by atoms with Crippen molar-refractivity contribution in [3.63, 3.8) is 0 Å². The van der Waals surface area contributed by atoms with E-state index < -0.39 is 17.9 Å². The average molecular weight is 314 g/mol.